The van der Waals surface area contributed by atoms with Gasteiger partial charge < -0.3 is 5.32 Å². The summed E-state index contributed by atoms with van der Waals surface area (Å²) in [6.45, 7) is 4.46. The van der Waals surface area contributed by atoms with Crippen LogP contribution in [0, 0.1) is 0 Å². The van der Waals surface area contributed by atoms with Gasteiger partial charge in [-0.2, -0.15) is 4.31 Å². The molecule has 7 heteroatoms. The van der Waals surface area contributed by atoms with Gasteiger partial charge in [-0.25, -0.2) is 8.42 Å². The average Bonchev–Trinajstić information content (AvgIpc) is 2.61. The highest BCUT2D eigenvalue weighted by Crippen LogP contribution is 2.19. The Morgan fingerprint density at radius 3 is 2.31 bits per heavy atom. The van der Waals surface area contributed by atoms with Gasteiger partial charge in [-0.1, -0.05) is 41.9 Å². The summed E-state index contributed by atoms with van der Waals surface area (Å²) in [5.74, 6) is -0.107. The van der Waals surface area contributed by atoms with Gasteiger partial charge in [0, 0.05) is 29.7 Å². The first-order valence-electron chi connectivity index (χ1n) is 8.51. The summed E-state index contributed by atoms with van der Waals surface area (Å²) in [7, 11) is -3.48. The molecule has 1 amide bonds. The fourth-order valence-corrected chi connectivity index (χ4v) is 4.50. The minimum absolute atomic E-state index is 0.107. The predicted molar refractivity (Wildman–Crippen MR) is 108 cm³/mol. The molecule has 0 unspecified atom stereocenters. The zero-order valence-electron chi connectivity index (χ0n) is 14.9. The van der Waals surface area contributed by atoms with Crippen LogP contribution in [0.2, 0.25) is 0 Å². The van der Waals surface area contributed by atoms with Crippen LogP contribution in [0.1, 0.15) is 25.8 Å². The molecule has 0 aromatic heterocycles. The monoisotopic (exact) mass is 438 g/mol. The van der Waals surface area contributed by atoms with Crippen molar-refractivity contribution in [1.82, 2.24) is 4.31 Å². The summed E-state index contributed by atoms with van der Waals surface area (Å²) in [5, 5.41) is 2.80. The summed E-state index contributed by atoms with van der Waals surface area (Å²) in [4.78, 5) is 12.3. The van der Waals surface area contributed by atoms with E-state index in [9.17, 15) is 13.2 Å². The van der Waals surface area contributed by atoms with Crippen molar-refractivity contribution in [3.05, 3.63) is 58.6 Å². The second kappa shape index (κ2) is 9.30. The lowest BCUT2D eigenvalue weighted by molar-refractivity contribution is -0.116. The number of hydrogen-bond donors (Lipinski definition) is 1. The molecular formula is C19H23BrN2O3S. The van der Waals surface area contributed by atoms with Gasteiger partial charge in [-0.05, 0) is 48.4 Å². The highest BCUT2D eigenvalue weighted by molar-refractivity contribution is 9.10. The Balaban J connectivity index is 1.97. The molecule has 2 rings (SSSR count). The van der Waals surface area contributed by atoms with Crippen molar-refractivity contribution in [2.24, 2.45) is 0 Å². The lowest BCUT2D eigenvalue weighted by Crippen LogP contribution is -2.30. The molecule has 0 spiro atoms. The number of carbonyl (C=O) groups is 1. The third-order valence-electron chi connectivity index (χ3n) is 4.01. The predicted octanol–water partition coefficient (Wildman–Crippen LogP) is 4.05. The maximum atomic E-state index is 12.4. The van der Waals surface area contributed by atoms with Crippen LogP contribution in [0.4, 0.5) is 5.69 Å². The number of benzene rings is 2. The number of amides is 1. The number of sulfonamides is 1. The zero-order chi connectivity index (χ0) is 19.2. The molecule has 140 valence electrons. The third-order valence-corrected chi connectivity index (χ3v) is 6.57. The van der Waals surface area contributed by atoms with E-state index >= 15 is 0 Å². The second-order valence-electron chi connectivity index (χ2n) is 5.79. The summed E-state index contributed by atoms with van der Waals surface area (Å²) in [6, 6.07) is 14.1. The van der Waals surface area contributed by atoms with E-state index in [4.69, 9.17) is 0 Å². The van der Waals surface area contributed by atoms with E-state index < -0.39 is 10.0 Å². The Morgan fingerprint density at radius 1 is 1.08 bits per heavy atom. The first-order valence-corrected chi connectivity index (χ1v) is 10.7. The van der Waals surface area contributed by atoms with Gasteiger partial charge >= 0.3 is 0 Å². The fraction of sp³-hybridized carbons (Fsp3) is 0.316. The van der Waals surface area contributed by atoms with E-state index in [1.54, 1.807) is 26.0 Å². The minimum atomic E-state index is -3.48. The van der Waals surface area contributed by atoms with Crippen molar-refractivity contribution in [3.63, 3.8) is 0 Å². The van der Waals surface area contributed by atoms with E-state index in [1.807, 2.05) is 24.3 Å². The highest BCUT2D eigenvalue weighted by Gasteiger charge is 2.21. The van der Waals surface area contributed by atoms with Gasteiger partial charge in [0.2, 0.25) is 15.9 Å². The molecule has 0 aliphatic carbocycles. The smallest absolute Gasteiger partial charge is 0.243 e. The van der Waals surface area contributed by atoms with Crippen molar-refractivity contribution >= 4 is 37.5 Å². The van der Waals surface area contributed by atoms with Crippen molar-refractivity contribution in [2.75, 3.05) is 18.4 Å². The molecule has 0 atom stereocenters. The number of nitrogens with zero attached hydrogens (tertiary/aromatic N) is 1. The molecule has 0 bridgehead atoms. The number of rotatable bonds is 8. The maximum absolute atomic E-state index is 12.4. The first kappa shape index (κ1) is 20.6. The van der Waals surface area contributed by atoms with Crippen LogP contribution in [0.15, 0.2) is 57.9 Å². The van der Waals surface area contributed by atoms with Crippen LogP contribution in [0.5, 0.6) is 0 Å². The normalized spacial score (nSPS) is 11.5. The van der Waals surface area contributed by atoms with Crippen LogP contribution < -0.4 is 5.32 Å². The Hall–Kier alpha value is -1.70. The number of anilines is 1. The molecule has 1 N–H and O–H groups in total. The second-order valence-corrected chi connectivity index (χ2v) is 8.65. The Bertz CT molecular complexity index is 847. The topological polar surface area (TPSA) is 66.5 Å². The molecule has 5 nitrogen and oxygen atoms in total. The highest BCUT2D eigenvalue weighted by atomic mass is 79.9. The van der Waals surface area contributed by atoms with Crippen LogP contribution >= 0.6 is 15.9 Å². The molecule has 0 saturated carbocycles. The van der Waals surface area contributed by atoms with Crippen LogP contribution in [0.3, 0.4) is 0 Å². The zero-order valence-corrected chi connectivity index (χ0v) is 17.3. The van der Waals surface area contributed by atoms with E-state index in [0.29, 0.717) is 31.6 Å². The van der Waals surface area contributed by atoms with Gasteiger partial charge in [-0.3, -0.25) is 4.79 Å². The molecule has 26 heavy (non-hydrogen) atoms. The Morgan fingerprint density at radius 2 is 1.73 bits per heavy atom. The van der Waals surface area contributed by atoms with Gasteiger partial charge in [0.15, 0.2) is 0 Å². The van der Waals surface area contributed by atoms with Gasteiger partial charge in [-0.15, -0.1) is 0 Å². The molecule has 0 fully saturated rings. The average molecular weight is 439 g/mol. The number of nitrogens with one attached hydrogen (secondary N) is 1. The van der Waals surface area contributed by atoms with E-state index in [1.165, 1.54) is 16.4 Å². The van der Waals surface area contributed by atoms with E-state index in [-0.39, 0.29) is 10.8 Å². The van der Waals surface area contributed by atoms with Gasteiger partial charge in [0.25, 0.3) is 0 Å². The van der Waals surface area contributed by atoms with Crippen molar-refractivity contribution in [3.8, 4) is 0 Å². The molecule has 0 aliphatic heterocycles. The fourth-order valence-electron chi connectivity index (χ4n) is 2.60. The molecule has 2 aromatic carbocycles. The van der Waals surface area contributed by atoms with Crippen molar-refractivity contribution < 1.29 is 13.2 Å². The molecular weight excluding hydrogens is 416 g/mol. The largest absolute Gasteiger partial charge is 0.326 e. The molecule has 0 heterocycles. The number of aryl methyl sites for hydroxylation is 1. The molecule has 2 aromatic rings. The van der Waals surface area contributed by atoms with Crippen molar-refractivity contribution in [1.29, 1.82) is 0 Å². The summed E-state index contributed by atoms with van der Waals surface area (Å²) >= 11 is 3.41. The summed E-state index contributed by atoms with van der Waals surface area (Å²) in [6.07, 6.45) is 0.996. The van der Waals surface area contributed by atoms with Crippen LogP contribution in [-0.2, 0) is 21.2 Å². The van der Waals surface area contributed by atoms with E-state index in [0.717, 1.165) is 10.0 Å². The summed E-state index contributed by atoms with van der Waals surface area (Å²) in [5.41, 5.74) is 1.66. The standard InChI is InChI=1S/C19H23BrN2O3S/c1-3-22(4-2)26(24,25)18-11-9-17(10-12-18)21-19(23)13-8-15-6-5-7-16(20)14-15/h5-7,9-12,14H,3-4,8,13H2,1-2H3,(H,21,23). The number of carbonyl (C=O) groups excluding carboxylic acids is 1. The lowest BCUT2D eigenvalue weighted by atomic mass is 10.1. The summed E-state index contributed by atoms with van der Waals surface area (Å²) < 4.78 is 27.3. The SMILES string of the molecule is CCN(CC)S(=O)(=O)c1ccc(NC(=O)CCc2cccc(Br)c2)cc1. The molecule has 0 aliphatic rings. The Labute approximate surface area is 163 Å². The first-order chi connectivity index (χ1) is 12.4. The van der Waals surface area contributed by atoms with Crippen molar-refractivity contribution in [2.45, 2.75) is 31.6 Å². The van der Waals surface area contributed by atoms with Gasteiger partial charge in [0.1, 0.15) is 0 Å². The Kier molecular flexibility index (Phi) is 7.37. The third kappa shape index (κ3) is 5.40. The van der Waals surface area contributed by atoms with Gasteiger partial charge in [0.05, 0.1) is 4.90 Å². The minimum Gasteiger partial charge on any atom is -0.326 e. The van der Waals surface area contributed by atoms with Crippen LogP contribution in [0.25, 0.3) is 0 Å². The number of hydrogen-bond acceptors (Lipinski definition) is 3. The lowest BCUT2D eigenvalue weighted by Gasteiger charge is -2.18. The van der Waals surface area contributed by atoms with E-state index in [2.05, 4.69) is 21.2 Å². The maximum Gasteiger partial charge on any atom is 0.243 e. The number of halogens is 1. The van der Waals surface area contributed by atoms with Crippen LogP contribution in [-0.4, -0.2) is 31.7 Å². The molecule has 0 saturated heterocycles. The molecule has 0 radical (unpaired) electrons. The quantitative estimate of drug-likeness (QED) is 0.675.